The fourth-order valence-corrected chi connectivity index (χ4v) is 1.44. The molecule has 0 aromatic rings. The summed E-state index contributed by atoms with van der Waals surface area (Å²) in [5.74, 6) is -3.41. The standard InChI is InChI=1S/C6H9ClF3N/c1-4(11-2)3-5(8,9)6(4,7)10/h11H,3H2,1-2H3. The molecule has 0 heterocycles. The van der Waals surface area contributed by atoms with Crippen LogP contribution in [0.3, 0.4) is 0 Å². The topological polar surface area (TPSA) is 12.0 Å². The van der Waals surface area contributed by atoms with Gasteiger partial charge in [0.15, 0.2) is 0 Å². The van der Waals surface area contributed by atoms with Gasteiger partial charge < -0.3 is 5.32 Å². The van der Waals surface area contributed by atoms with Crippen LogP contribution in [0.5, 0.6) is 0 Å². The van der Waals surface area contributed by atoms with Gasteiger partial charge in [-0.3, -0.25) is 0 Å². The number of alkyl halides is 4. The van der Waals surface area contributed by atoms with Crippen molar-refractivity contribution in [2.24, 2.45) is 0 Å². The van der Waals surface area contributed by atoms with Crippen molar-refractivity contribution < 1.29 is 13.2 Å². The number of hydrogen-bond acceptors (Lipinski definition) is 1. The van der Waals surface area contributed by atoms with Crippen LogP contribution in [0, 0.1) is 0 Å². The van der Waals surface area contributed by atoms with Gasteiger partial charge in [0, 0.05) is 6.42 Å². The summed E-state index contributed by atoms with van der Waals surface area (Å²) in [4.78, 5) is 0. The summed E-state index contributed by atoms with van der Waals surface area (Å²) < 4.78 is 37.9. The first-order chi connectivity index (χ1) is 4.77. The maximum absolute atomic E-state index is 13.0. The van der Waals surface area contributed by atoms with Crippen molar-refractivity contribution in [2.75, 3.05) is 7.05 Å². The van der Waals surface area contributed by atoms with Crippen molar-refractivity contribution in [2.45, 2.75) is 29.9 Å². The first-order valence-corrected chi connectivity index (χ1v) is 3.59. The van der Waals surface area contributed by atoms with Crippen molar-refractivity contribution >= 4 is 11.6 Å². The molecule has 0 aromatic heterocycles. The van der Waals surface area contributed by atoms with Gasteiger partial charge in [0.05, 0.1) is 5.54 Å². The molecule has 1 fully saturated rings. The van der Waals surface area contributed by atoms with Crippen LogP contribution >= 0.6 is 11.6 Å². The molecule has 0 aliphatic heterocycles. The SMILES string of the molecule is CNC1(C)CC(F)(F)C1(F)Cl. The van der Waals surface area contributed by atoms with Gasteiger partial charge in [0.2, 0.25) is 0 Å². The zero-order valence-corrected chi connectivity index (χ0v) is 6.97. The van der Waals surface area contributed by atoms with E-state index in [9.17, 15) is 13.2 Å². The van der Waals surface area contributed by atoms with Crippen LogP contribution in [0.25, 0.3) is 0 Å². The summed E-state index contributed by atoms with van der Waals surface area (Å²) in [6.45, 7) is 1.33. The number of rotatable bonds is 1. The second kappa shape index (κ2) is 2.04. The molecule has 0 bridgehead atoms. The molecule has 0 aromatic carbocycles. The van der Waals surface area contributed by atoms with Gasteiger partial charge in [-0.1, -0.05) is 11.6 Å². The van der Waals surface area contributed by atoms with E-state index < -0.39 is 23.0 Å². The predicted molar refractivity (Wildman–Crippen MR) is 36.7 cm³/mol. The number of nitrogens with one attached hydrogen (secondary N) is 1. The predicted octanol–water partition coefficient (Wildman–Crippen LogP) is 1.91. The molecule has 66 valence electrons. The minimum atomic E-state index is -3.41. The first-order valence-electron chi connectivity index (χ1n) is 3.21. The third-order valence-electron chi connectivity index (χ3n) is 2.28. The smallest absolute Gasteiger partial charge is 0.299 e. The van der Waals surface area contributed by atoms with E-state index in [1.54, 1.807) is 0 Å². The molecule has 0 spiro atoms. The van der Waals surface area contributed by atoms with Gasteiger partial charge >= 0.3 is 0 Å². The fraction of sp³-hybridized carbons (Fsp3) is 1.00. The molecule has 1 aliphatic carbocycles. The summed E-state index contributed by atoms with van der Waals surface area (Å²) in [5, 5.41) is -0.513. The van der Waals surface area contributed by atoms with Crippen LogP contribution in [0.15, 0.2) is 0 Å². The lowest BCUT2D eigenvalue weighted by molar-refractivity contribution is -0.221. The largest absolute Gasteiger partial charge is 0.310 e. The van der Waals surface area contributed by atoms with E-state index in [1.165, 1.54) is 14.0 Å². The average molecular weight is 188 g/mol. The van der Waals surface area contributed by atoms with Crippen LogP contribution in [-0.4, -0.2) is 23.6 Å². The summed E-state index contributed by atoms with van der Waals surface area (Å²) >= 11 is 5.02. The van der Waals surface area contributed by atoms with Crippen molar-refractivity contribution in [3.8, 4) is 0 Å². The van der Waals surface area contributed by atoms with Crippen molar-refractivity contribution in [1.82, 2.24) is 5.32 Å². The van der Waals surface area contributed by atoms with Gasteiger partial charge in [-0.25, -0.2) is 13.2 Å². The summed E-state index contributed by atoms with van der Waals surface area (Å²) in [5.41, 5.74) is -1.31. The maximum atomic E-state index is 13.0. The molecule has 1 nitrogen and oxygen atoms in total. The van der Waals surface area contributed by atoms with E-state index in [-0.39, 0.29) is 0 Å². The van der Waals surface area contributed by atoms with Crippen molar-refractivity contribution in [3.05, 3.63) is 0 Å². The summed E-state index contributed by atoms with van der Waals surface area (Å²) in [6, 6.07) is 0. The van der Waals surface area contributed by atoms with E-state index in [0.29, 0.717) is 0 Å². The molecule has 1 rings (SSSR count). The minimum absolute atomic E-state index is 0.559. The van der Waals surface area contributed by atoms with Crippen LogP contribution in [0.2, 0.25) is 0 Å². The highest BCUT2D eigenvalue weighted by Crippen LogP contribution is 2.58. The Morgan fingerprint density at radius 2 is 1.82 bits per heavy atom. The normalized spacial score (nSPS) is 48.5. The van der Waals surface area contributed by atoms with Gasteiger partial charge in [-0.15, -0.1) is 0 Å². The van der Waals surface area contributed by atoms with E-state index in [4.69, 9.17) is 11.6 Å². The monoisotopic (exact) mass is 187 g/mol. The molecule has 1 saturated carbocycles. The zero-order valence-electron chi connectivity index (χ0n) is 6.22. The fourth-order valence-electron chi connectivity index (χ4n) is 1.21. The Hall–Kier alpha value is 0.0400. The highest BCUT2D eigenvalue weighted by atomic mass is 35.5. The van der Waals surface area contributed by atoms with E-state index in [2.05, 4.69) is 5.32 Å². The molecule has 2 unspecified atom stereocenters. The second-order valence-corrected chi connectivity index (χ2v) is 3.56. The Morgan fingerprint density at radius 1 is 1.36 bits per heavy atom. The lowest BCUT2D eigenvalue weighted by atomic mass is 9.72. The zero-order chi connectivity index (χ0) is 8.91. The first kappa shape index (κ1) is 9.13. The Labute approximate surface area is 67.9 Å². The molecule has 2 atom stereocenters. The van der Waals surface area contributed by atoms with E-state index >= 15 is 0 Å². The maximum Gasteiger partial charge on any atom is 0.299 e. The van der Waals surface area contributed by atoms with Gasteiger partial charge in [0.25, 0.3) is 11.1 Å². The molecule has 0 saturated heterocycles. The van der Waals surface area contributed by atoms with Crippen molar-refractivity contribution in [1.29, 1.82) is 0 Å². The minimum Gasteiger partial charge on any atom is -0.310 e. The Bertz CT molecular complexity index is 183. The molecular formula is C6H9ClF3N. The number of hydrogen-bond donors (Lipinski definition) is 1. The molecule has 0 amide bonds. The molecule has 0 radical (unpaired) electrons. The molecule has 1 aliphatic rings. The quantitative estimate of drug-likeness (QED) is 0.619. The summed E-state index contributed by atoms with van der Waals surface area (Å²) in [6.07, 6.45) is -0.559. The van der Waals surface area contributed by atoms with Gasteiger partial charge in [-0.2, -0.15) is 0 Å². The van der Waals surface area contributed by atoms with E-state index in [0.717, 1.165) is 0 Å². The molecule has 5 heteroatoms. The number of halogens is 4. The van der Waals surface area contributed by atoms with Crippen LogP contribution in [0.1, 0.15) is 13.3 Å². The lowest BCUT2D eigenvalue weighted by Crippen LogP contribution is -2.74. The van der Waals surface area contributed by atoms with Crippen LogP contribution < -0.4 is 5.32 Å². The second-order valence-electron chi connectivity index (χ2n) is 3.04. The van der Waals surface area contributed by atoms with Crippen molar-refractivity contribution in [3.63, 3.8) is 0 Å². The Morgan fingerprint density at radius 3 is 1.91 bits per heavy atom. The highest BCUT2D eigenvalue weighted by molar-refractivity contribution is 6.25. The lowest BCUT2D eigenvalue weighted by Gasteiger charge is -2.53. The Kier molecular flexibility index (Phi) is 1.70. The Balaban J connectivity index is 2.84. The third kappa shape index (κ3) is 0.888. The van der Waals surface area contributed by atoms with Gasteiger partial charge in [0.1, 0.15) is 0 Å². The third-order valence-corrected chi connectivity index (χ3v) is 2.97. The summed E-state index contributed by atoms with van der Waals surface area (Å²) in [7, 11) is 1.41. The van der Waals surface area contributed by atoms with E-state index in [1.807, 2.05) is 0 Å². The van der Waals surface area contributed by atoms with Crippen LogP contribution in [0.4, 0.5) is 13.2 Å². The molecular weight excluding hydrogens is 179 g/mol. The molecule has 1 N–H and O–H groups in total. The highest BCUT2D eigenvalue weighted by Gasteiger charge is 2.75. The molecule has 11 heavy (non-hydrogen) atoms. The average Bonchev–Trinajstić information content (AvgIpc) is 1.86. The van der Waals surface area contributed by atoms with Gasteiger partial charge in [-0.05, 0) is 14.0 Å². The van der Waals surface area contributed by atoms with Crippen LogP contribution in [-0.2, 0) is 0 Å².